The van der Waals surface area contributed by atoms with Gasteiger partial charge in [0.1, 0.15) is 0 Å². The highest BCUT2D eigenvalue weighted by atomic mass is 16.5. The van der Waals surface area contributed by atoms with E-state index in [1.54, 1.807) is 11.0 Å². The smallest absolute Gasteiger partial charge is 0.324 e. The van der Waals surface area contributed by atoms with E-state index in [-0.39, 0.29) is 11.9 Å². The van der Waals surface area contributed by atoms with Crippen molar-refractivity contribution < 1.29 is 14.3 Å². The summed E-state index contributed by atoms with van der Waals surface area (Å²) in [6, 6.07) is 5.12. The fourth-order valence-corrected chi connectivity index (χ4v) is 2.46. The SMILES string of the molecule is O=C(NC(=O)N1CCOCC1)c1ccc2c(c1)CCN2. The molecule has 1 fully saturated rings. The number of rotatable bonds is 1. The van der Waals surface area contributed by atoms with Gasteiger partial charge in [0.25, 0.3) is 5.91 Å². The molecule has 2 heterocycles. The van der Waals surface area contributed by atoms with E-state index in [9.17, 15) is 9.59 Å². The standard InChI is InChI=1S/C14H17N3O3/c18-13(16-14(19)17-5-7-20-8-6-17)11-1-2-12-10(9-11)3-4-15-12/h1-2,9,15H,3-8H2,(H,16,18,19). The molecule has 1 saturated heterocycles. The summed E-state index contributed by atoms with van der Waals surface area (Å²) in [6.07, 6.45) is 0.911. The molecule has 3 amide bonds. The number of morpholine rings is 1. The van der Waals surface area contributed by atoms with Crippen molar-refractivity contribution in [3.63, 3.8) is 0 Å². The molecule has 2 aliphatic rings. The summed E-state index contributed by atoms with van der Waals surface area (Å²) in [6.45, 7) is 2.98. The van der Waals surface area contributed by atoms with E-state index in [0.29, 0.717) is 31.9 Å². The van der Waals surface area contributed by atoms with Crippen LogP contribution in [0.2, 0.25) is 0 Å². The van der Waals surface area contributed by atoms with Crippen molar-refractivity contribution in [1.29, 1.82) is 0 Å². The second-order valence-electron chi connectivity index (χ2n) is 4.91. The molecule has 0 spiro atoms. The normalized spacial score (nSPS) is 17.3. The topological polar surface area (TPSA) is 70.7 Å². The summed E-state index contributed by atoms with van der Waals surface area (Å²) in [5, 5.41) is 5.67. The van der Waals surface area contributed by atoms with Crippen LogP contribution in [0.5, 0.6) is 0 Å². The zero-order valence-electron chi connectivity index (χ0n) is 11.1. The number of nitrogens with one attached hydrogen (secondary N) is 2. The van der Waals surface area contributed by atoms with Gasteiger partial charge < -0.3 is 15.0 Å². The Morgan fingerprint density at radius 1 is 1.25 bits per heavy atom. The number of benzene rings is 1. The quantitative estimate of drug-likeness (QED) is 0.796. The maximum Gasteiger partial charge on any atom is 0.324 e. The average Bonchev–Trinajstić information content (AvgIpc) is 2.95. The van der Waals surface area contributed by atoms with Crippen molar-refractivity contribution in [1.82, 2.24) is 10.2 Å². The molecule has 2 N–H and O–H groups in total. The number of nitrogens with zero attached hydrogens (tertiary/aromatic N) is 1. The van der Waals surface area contributed by atoms with Gasteiger partial charge in [0.05, 0.1) is 13.2 Å². The van der Waals surface area contributed by atoms with E-state index >= 15 is 0 Å². The van der Waals surface area contributed by atoms with Crippen LogP contribution in [0.1, 0.15) is 15.9 Å². The van der Waals surface area contributed by atoms with Gasteiger partial charge in [-0.15, -0.1) is 0 Å². The Morgan fingerprint density at radius 3 is 2.85 bits per heavy atom. The van der Waals surface area contributed by atoms with Crippen LogP contribution in [0.3, 0.4) is 0 Å². The maximum absolute atomic E-state index is 12.1. The van der Waals surface area contributed by atoms with E-state index < -0.39 is 0 Å². The molecular formula is C14H17N3O3. The zero-order chi connectivity index (χ0) is 13.9. The Hall–Kier alpha value is -2.08. The Bertz CT molecular complexity index is 538. The van der Waals surface area contributed by atoms with Crippen LogP contribution in [-0.2, 0) is 11.2 Å². The van der Waals surface area contributed by atoms with Crippen LogP contribution < -0.4 is 10.6 Å². The lowest BCUT2D eigenvalue weighted by Crippen LogP contribution is -2.47. The second-order valence-corrected chi connectivity index (χ2v) is 4.91. The van der Waals surface area contributed by atoms with Gasteiger partial charge in [-0.1, -0.05) is 0 Å². The van der Waals surface area contributed by atoms with Gasteiger partial charge in [0.15, 0.2) is 0 Å². The van der Waals surface area contributed by atoms with E-state index in [4.69, 9.17) is 4.74 Å². The van der Waals surface area contributed by atoms with E-state index in [1.165, 1.54) is 0 Å². The first-order chi connectivity index (χ1) is 9.74. The fourth-order valence-electron chi connectivity index (χ4n) is 2.46. The number of imide groups is 1. The summed E-state index contributed by atoms with van der Waals surface area (Å²) >= 11 is 0. The Kier molecular flexibility index (Phi) is 3.56. The monoisotopic (exact) mass is 275 g/mol. The van der Waals surface area contributed by atoms with Crippen molar-refractivity contribution in [2.45, 2.75) is 6.42 Å². The molecule has 6 nitrogen and oxygen atoms in total. The molecule has 0 bridgehead atoms. The van der Waals surface area contributed by atoms with Crippen LogP contribution in [0.4, 0.5) is 10.5 Å². The van der Waals surface area contributed by atoms with Gasteiger partial charge in [0.2, 0.25) is 0 Å². The minimum Gasteiger partial charge on any atom is -0.384 e. The highest BCUT2D eigenvalue weighted by Gasteiger charge is 2.20. The molecule has 106 valence electrons. The van der Waals surface area contributed by atoms with Crippen molar-refractivity contribution in [2.75, 3.05) is 38.2 Å². The van der Waals surface area contributed by atoms with Crippen LogP contribution in [0.15, 0.2) is 18.2 Å². The predicted octanol–water partition coefficient (Wildman–Crippen LogP) is 0.837. The third kappa shape index (κ3) is 2.60. The molecule has 0 saturated carbocycles. The van der Waals surface area contributed by atoms with Gasteiger partial charge in [-0.3, -0.25) is 10.1 Å². The van der Waals surface area contributed by atoms with Crippen LogP contribution in [0, 0.1) is 0 Å². The molecular weight excluding hydrogens is 258 g/mol. The lowest BCUT2D eigenvalue weighted by molar-refractivity contribution is 0.0524. The minimum atomic E-state index is -0.351. The van der Waals surface area contributed by atoms with Crippen LogP contribution in [0.25, 0.3) is 0 Å². The number of carbonyl (C=O) groups excluding carboxylic acids is 2. The second kappa shape index (κ2) is 5.50. The highest BCUT2D eigenvalue weighted by Crippen LogP contribution is 2.22. The first-order valence-electron chi connectivity index (χ1n) is 6.79. The first-order valence-corrected chi connectivity index (χ1v) is 6.79. The lowest BCUT2D eigenvalue weighted by Gasteiger charge is -2.26. The van der Waals surface area contributed by atoms with Crippen LogP contribution in [-0.4, -0.2) is 49.7 Å². The average molecular weight is 275 g/mol. The Morgan fingerprint density at radius 2 is 2.05 bits per heavy atom. The predicted molar refractivity (Wildman–Crippen MR) is 73.9 cm³/mol. The number of fused-ring (bicyclic) bond motifs is 1. The number of carbonyl (C=O) groups is 2. The van der Waals surface area contributed by atoms with E-state index in [2.05, 4.69) is 10.6 Å². The number of hydrogen-bond donors (Lipinski definition) is 2. The van der Waals surface area contributed by atoms with Gasteiger partial charge >= 0.3 is 6.03 Å². The lowest BCUT2D eigenvalue weighted by atomic mass is 10.1. The molecule has 2 aliphatic heterocycles. The van der Waals surface area contributed by atoms with Crippen molar-refractivity contribution >= 4 is 17.6 Å². The fraction of sp³-hybridized carbons (Fsp3) is 0.429. The Balaban J connectivity index is 1.65. The molecule has 0 unspecified atom stereocenters. The first kappa shape index (κ1) is 12.9. The summed E-state index contributed by atoms with van der Waals surface area (Å²) in [5.41, 5.74) is 2.71. The molecule has 3 rings (SSSR count). The largest absolute Gasteiger partial charge is 0.384 e. The van der Waals surface area contributed by atoms with Crippen molar-refractivity contribution in [2.24, 2.45) is 0 Å². The van der Waals surface area contributed by atoms with Gasteiger partial charge in [0, 0.05) is 30.9 Å². The number of amides is 3. The summed E-state index contributed by atoms with van der Waals surface area (Å²) in [7, 11) is 0. The van der Waals surface area contributed by atoms with Crippen molar-refractivity contribution in [3.05, 3.63) is 29.3 Å². The van der Waals surface area contributed by atoms with E-state index in [1.807, 2.05) is 12.1 Å². The highest BCUT2D eigenvalue weighted by molar-refractivity contribution is 6.04. The molecule has 1 aromatic carbocycles. The number of anilines is 1. The van der Waals surface area contributed by atoms with Gasteiger partial charge in [-0.25, -0.2) is 4.79 Å². The molecule has 0 atom stereocenters. The third-order valence-corrected chi connectivity index (χ3v) is 3.60. The molecule has 1 aromatic rings. The summed E-state index contributed by atoms with van der Waals surface area (Å²) in [5.74, 6) is -0.351. The third-order valence-electron chi connectivity index (χ3n) is 3.60. The zero-order valence-corrected chi connectivity index (χ0v) is 11.1. The van der Waals surface area contributed by atoms with Gasteiger partial charge in [-0.05, 0) is 30.2 Å². The molecule has 6 heteroatoms. The minimum absolute atomic E-state index is 0.350. The number of urea groups is 1. The molecule has 0 radical (unpaired) electrons. The molecule has 20 heavy (non-hydrogen) atoms. The molecule has 0 aromatic heterocycles. The molecule has 0 aliphatic carbocycles. The van der Waals surface area contributed by atoms with E-state index in [0.717, 1.165) is 24.2 Å². The number of ether oxygens (including phenoxy) is 1. The Labute approximate surface area is 117 Å². The van der Waals surface area contributed by atoms with Crippen LogP contribution >= 0.6 is 0 Å². The summed E-state index contributed by atoms with van der Waals surface area (Å²) in [4.78, 5) is 25.6. The van der Waals surface area contributed by atoms with Crippen molar-refractivity contribution in [3.8, 4) is 0 Å². The maximum atomic E-state index is 12.1. The van der Waals surface area contributed by atoms with Gasteiger partial charge in [-0.2, -0.15) is 0 Å². The summed E-state index contributed by atoms with van der Waals surface area (Å²) < 4.78 is 5.18. The number of hydrogen-bond acceptors (Lipinski definition) is 4.